The molecule has 0 saturated carbocycles. The van der Waals surface area contributed by atoms with Crippen LogP contribution in [0.15, 0.2) is 49.4 Å². The van der Waals surface area contributed by atoms with Gasteiger partial charge in [0.25, 0.3) is 0 Å². The van der Waals surface area contributed by atoms with Gasteiger partial charge in [0.05, 0.1) is 0 Å². The SMILES string of the molecule is C1=CC=CNC=C1.C=CC(N)=O. The second-order valence-electron chi connectivity index (χ2n) is 1.88. The van der Waals surface area contributed by atoms with Crippen LogP contribution in [0.5, 0.6) is 0 Å². The number of rotatable bonds is 1. The van der Waals surface area contributed by atoms with E-state index in [1.54, 1.807) is 0 Å². The van der Waals surface area contributed by atoms with Crippen molar-refractivity contribution in [2.24, 2.45) is 5.73 Å². The van der Waals surface area contributed by atoms with E-state index >= 15 is 0 Å². The molecule has 1 aliphatic heterocycles. The van der Waals surface area contributed by atoms with Crippen LogP contribution in [-0.4, -0.2) is 5.91 Å². The van der Waals surface area contributed by atoms with Crippen molar-refractivity contribution in [3.8, 4) is 0 Å². The normalized spacial score (nSPS) is 12.0. The molecule has 3 N–H and O–H groups in total. The third kappa shape index (κ3) is 8.23. The van der Waals surface area contributed by atoms with Crippen LogP contribution in [0.1, 0.15) is 0 Å². The number of carbonyl (C=O) groups excluding carboxylic acids is 1. The van der Waals surface area contributed by atoms with E-state index in [1.807, 2.05) is 36.7 Å². The average molecular weight is 164 g/mol. The predicted octanol–water partition coefficient (Wildman–Crippen LogP) is 0.831. The van der Waals surface area contributed by atoms with Crippen molar-refractivity contribution >= 4 is 5.91 Å². The zero-order valence-corrected chi connectivity index (χ0v) is 6.73. The van der Waals surface area contributed by atoms with Gasteiger partial charge in [-0.15, -0.1) is 0 Å². The first-order chi connectivity index (χ1) is 5.77. The van der Waals surface area contributed by atoms with Gasteiger partial charge in [-0.1, -0.05) is 18.7 Å². The fourth-order valence-electron chi connectivity index (χ4n) is 0.406. The fraction of sp³-hybridized carbons (Fsp3) is 0. The lowest BCUT2D eigenvalue weighted by molar-refractivity contribution is -0.113. The van der Waals surface area contributed by atoms with E-state index in [4.69, 9.17) is 0 Å². The van der Waals surface area contributed by atoms with Crippen molar-refractivity contribution in [3.63, 3.8) is 0 Å². The summed E-state index contributed by atoms with van der Waals surface area (Å²) in [6.45, 7) is 3.09. The van der Waals surface area contributed by atoms with E-state index in [0.29, 0.717) is 0 Å². The van der Waals surface area contributed by atoms with Gasteiger partial charge in [0.1, 0.15) is 0 Å². The molecule has 0 bridgehead atoms. The van der Waals surface area contributed by atoms with E-state index in [0.717, 1.165) is 6.08 Å². The molecular formula is C9H12N2O. The van der Waals surface area contributed by atoms with E-state index in [2.05, 4.69) is 17.6 Å². The summed E-state index contributed by atoms with van der Waals surface area (Å²) in [7, 11) is 0. The minimum atomic E-state index is -0.481. The lowest BCUT2D eigenvalue weighted by Crippen LogP contribution is -2.04. The van der Waals surface area contributed by atoms with Crippen molar-refractivity contribution in [3.05, 3.63) is 49.4 Å². The Morgan fingerprint density at radius 2 is 1.67 bits per heavy atom. The molecule has 0 radical (unpaired) electrons. The van der Waals surface area contributed by atoms with E-state index in [1.165, 1.54) is 0 Å². The van der Waals surface area contributed by atoms with Crippen molar-refractivity contribution in [1.82, 2.24) is 5.32 Å². The molecule has 0 saturated heterocycles. The van der Waals surface area contributed by atoms with Crippen molar-refractivity contribution in [2.75, 3.05) is 0 Å². The number of allylic oxidation sites excluding steroid dienone is 4. The summed E-state index contributed by atoms with van der Waals surface area (Å²) in [4.78, 5) is 9.47. The summed E-state index contributed by atoms with van der Waals surface area (Å²) in [6, 6.07) is 0. The molecule has 0 aromatic rings. The molecule has 0 spiro atoms. The first-order valence-corrected chi connectivity index (χ1v) is 3.43. The highest BCUT2D eigenvalue weighted by molar-refractivity contribution is 5.84. The largest absolute Gasteiger partial charge is 0.368 e. The molecule has 3 nitrogen and oxygen atoms in total. The first kappa shape index (κ1) is 10.2. The fourth-order valence-corrected chi connectivity index (χ4v) is 0.406. The number of amides is 1. The van der Waals surface area contributed by atoms with Crippen LogP contribution in [0, 0.1) is 0 Å². The molecule has 0 aromatic carbocycles. The van der Waals surface area contributed by atoms with Crippen LogP contribution in [0.2, 0.25) is 0 Å². The molecule has 0 aromatic heterocycles. The average Bonchev–Trinajstić information content (AvgIpc) is 2.35. The van der Waals surface area contributed by atoms with Crippen LogP contribution in [0.3, 0.4) is 0 Å². The highest BCUT2D eigenvalue weighted by Crippen LogP contribution is 1.81. The molecule has 1 aliphatic rings. The van der Waals surface area contributed by atoms with Crippen LogP contribution >= 0.6 is 0 Å². The standard InChI is InChI=1S/C6H7N.C3H5NO/c1-2-4-6-7-5-3-1;1-2-3(4)5/h1-7H;2H,1H2,(H2,4,5). The molecular weight excluding hydrogens is 152 g/mol. The molecule has 3 heteroatoms. The van der Waals surface area contributed by atoms with Gasteiger partial charge in [0, 0.05) is 12.4 Å². The first-order valence-electron chi connectivity index (χ1n) is 3.43. The summed E-state index contributed by atoms with van der Waals surface area (Å²) in [6.07, 6.45) is 12.6. The van der Waals surface area contributed by atoms with Gasteiger partial charge in [-0.25, -0.2) is 0 Å². The Balaban J connectivity index is 0.000000217. The van der Waals surface area contributed by atoms with Gasteiger partial charge in [-0.3, -0.25) is 4.79 Å². The second-order valence-corrected chi connectivity index (χ2v) is 1.88. The van der Waals surface area contributed by atoms with Crippen molar-refractivity contribution in [2.45, 2.75) is 0 Å². The van der Waals surface area contributed by atoms with Gasteiger partial charge in [-0.2, -0.15) is 0 Å². The number of nitrogens with one attached hydrogen (secondary N) is 1. The Bertz CT molecular complexity index is 213. The van der Waals surface area contributed by atoms with Gasteiger partial charge >= 0.3 is 0 Å². The Morgan fingerprint density at radius 3 is 2.00 bits per heavy atom. The second kappa shape index (κ2) is 7.34. The monoisotopic (exact) mass is 164 g/mol. The molecule has 1 rings (SSSR count). The Labute approximate surface area is 72.0 Å². The lowest BCUT2D eigenvalue weighted by Gasteiger charge is -1.79. The highest BCUT2D eigenvalue weighted by atomic mass is 16.1. The quantitative estimate of drug-likeness (QED) is 0.564. The van der Waals surface area contributed by atoms with Gasteiger partial charge < -0.3 is 11.1 Å². The summed E-state index contributed by atoms with van der Waals surface area (Å²) in [5.74, 6) is -0.481. The van der Waals surface area contributed by atoms with Crippen LogP contribution < -0.4 is 11.1 Å². The van der Waals surface area contributed by atoms with Gasteiger partial charge in [0.2, 0.25) is 5.91 Å². The Morgan fingerprint density at radius 1 is 1.25 bits per heavy atom. The molecule has 0 atom stereocenters. The summed E-state index contributed by atoms with van der Waals surface area (Å²) in [5, 5.41) is 2.92. The number of hydrogen-bond donors (Lipinski definition) is 2. The third-order valence-corrected chi connectivity index (χ3v) is 0.919. The maximum absolute atomic E-state index is 9.47. The topological polar surface area (TPSA) is 55.1 Å². The van der Waals surface area contributed by atoms with Gasteiger partial charge in [0.15, 0.2) is 0 Å². The van der Waals surface area contributed by atoms with Crippen LogP contribution in [-0.2, 0) is 4.79 Å². The minimum Gasteiger partial charge on any atom is -0.368 e. The Kier molecular flexibility index (Phi) is 6.26. The molecule has 1 amide bonds. The van der Waals surface area contributed by atoms with Gasteiger partial charge in [-0.05, 0) is 18.2 Å². The van der Waals surface area contributed by atoms with Crippen LogP contribution in [0.25, 0.3) is 0 Å². The smallest absolute Gasteiger partial charge is 0.240 e. The number of nitrogens with two attached hydrogens (primary N) is 1. The lowest BCUT2D eigenvalue weighted by atomic mass is 10.5. The molecule has 64 valence electrons. The zero-order chi connectivity index (χ0) is 9.23. The van der Waals surface area contributed by atoms with E-state index in [9.17, 15) is 4.79 Å². The zero-order valence-electron chi connectivity index (χ0n) is 6.73. The maximum atomic E-state index is 9.47. The Hall–Kier alpha value is -1.77. The van der Waals surface area contributed by atoms with E-state index in [-0.39, 0.29) is 0 Å². The molecule has 0 aliphatic carbocycles. The van der Waals surface area contributed by atoms with Crippen molar-refractivity contribution < 1.29 is 4.79 Å². The molecule has 0 fully saturated rings. The van der Waals surface area contributed by atoms with E-state index < -0.39 is 5.91 Å². The number of primary amides is 1. The minimum absolute atomic E-state index is 0.481. The van der Waals surface area contributed by atoms with Crippen LogP contribution in [0.4, 0.5) is 0 Å². The maximum Gasteiger partial charge on any atom is 0.240 e. The third-order valence-electron chi connectivity index (χ3n) is 0.919. The molecule has 1 heterocycles. The summed E-state index contributed by atoms with van der Waals surface area (Å²) < 4.78 is 0. The number of carbonyl (C=O) groups is 1. The predicted molar refractivity (Wildman–Crippen MR) is 49.9 cm³/mol. The number of hydrogen-bond acceptors (Lipinski definition) is 2. The van der Waals surface area contributed by atoms with Crippen molar-refractivity contribution in [1.29, 1.82) is 0 Å². The molecule has 12 heavy (non-hydrogen) atoms. The highest BCUT2D eigenvalue weighted by Gasteiger charge is 1.69. The summed E-state index contributed by atoms with van der Waals surface area (Å²) >= 11 is 0. The summed E-state index contributed by atoms with van der Waals surface area (Å²) in [5.41, 5.74) is 4.53. The molecule has 0 unspecified atom stereocenters.